The molecule has 2 saturated heterocycles. The molecule has 0 aliphatic carbocycles. The number of rotatable bonds is 1. The predicted molar refractivity (Wildman–Crippen MR) is 66.1 cm³/mol. The monoisotopic (exact) mass is 256 g/mol. The third-order valence-electron chi connectivity index (χ3n) is 4.23. The molecule has 3 aliphatic rings. The Morgan fingerprint density at radius 2 is 2.21 bits per heavy atom. The van der Waals surface area contributed by atoms with Crippen LogP contribution >= 0.6 is 0 Å². The van der Waals surface area contributed by atoms with E-state index in [9.17, 15) is 9.59 Å². The number of ether oxygens (including phenoxy) is 1. The lowest BCUT2D eigenvalue weighted by molar-refractivity contribution is -0.126. The lowest BCUT2D eigenvalue weighted by atomic mass is 9.78. The molecule has 19 heavy (non-hydrogen) atoms. The zero-order valence-corrected chi connectivity index (χ0v) is 10.3. The number of hydrogen-bond donors (Lipinski definition) is 0. The summed E-state index contributed by atoms with van der Waals surface area (Å²) in [6, 6.07) is 3.44. The Labute approximate surface area is 109 Å². The maximum absolute atomic E-state index is 12.6. The van der Waals surface area contributed by atoms with Gasteiger partial charge >= 0.3 is 0 Å². The Hall–Kier alpha value is -2.01. The second-order valence-corrected chi connectivity index (χ2v) is 5.35. The van der Waals surface area contributed by atoms with Crippen molar-refractivity contribution in [1.29, 1.82) is 0 Å². The lowest BCUT2D eigenvalue weighted by Gasteiger charge is -2.23. The van der Waals surface area contributed by atoms with E-state index < -0.39 is 11.5 Å². The molecule has 5 heteroatoms. The molecule has 2 fully saturated rings. The number of nitrogens with zero attached hydrogens (tertiary/aromatic N) is 2. The zero-order chi connectivity index (χ0) is 13.2. The summed E-state index contributed by atoms with van der Waals surface area (Å²) >= 11 is 0. The minimum absolute atomic E-state index is 0.180. The van der Waals surface area contributed by atoms with Crippen molar-refractivity contribution in [3.05, 3.63) is 36.7 Å². The topological polar surface area (TPSA) is 59.5 Å². The SMILES string of the molecule is C[C@@]12C=C[C@@H](O1)[C@H]1C(=O)N(c3cccnc3)C(=O)[C@@H]12. The molecule has 0 radical (unpaired) electrons. The molecule has 4 rings (SSSR count). The summed E-state index contributed by atoms with van der Waals surface area (Å²) in [5.74, 6) is -1.16. The fraction of sp³-hybridized carbons (Fsp3) is 0.357. The number of aromatic nitrogens is 1. The number of amides is 2. The van der Waals surface area contributed by atoms with Gasteiger partial charge in [-0.05, 0) is 19.1 Å². The molecule has 4 heterocycles. The van der Waals surface area contributed by atoms with Gasteiger partial charge in [-0.1, -0.05) is 12.2 Å². The summed E-state index contributed by atoms with van der Waals surface area (Å²) in [6.07, 6.45) is 6.67. The summed E-state index contributed by atoms with van der Waals surface area (Å²) in [5, 5.41) is 0. The quantitative estimate of drug-likeness (QED) is 0.553. The Kier molecular flexibility index (Phi) is 1.89. The largest absolute Gasteiger partial charge is 0.362 e. The van der Waals surface area contributed by atoms with E-state index in [2.05, 4.69) is 4.98 Å². The smallest absolute Gasteiger partial charge is 0.241 e. The number of hydrogen-bond acceptors (Lipinski definition) is 4. The Balaban J connectivity index is 1.80. The van der Waals surface area contributed by atoms with Gasteiger partial charge in [0.15, 0.2) is 0 Å². The van der Waals surface area contributed by atoms with Crippen LogP contribution in [0.25, 0.3) is 0 Å². The van der Waals surface area contributed by atoms with Crippen molar-refractivity contribution < 1.29 is 14.3 Å². The maximum atomic E-state index is 12.6. The number of carbonyl (C=O) groups is 2. The van der Waals surface area contributed by atoms with Gasteiger partial charge in [0.1, 0.15) is 0 Å². The molecule has 0 saturated carbocycles. The molecule has 0 spiro atoms. The van der Waals surface area contributed by atoms with E-state index in [0.717, 1.165) is 0 Å². The molecule has 3 aliphatic heterocycles. The second kappa shape index (κ2) is 3.30. The third kappa shape index (κ3) is 1.20. The first kappa shape index (κ1) is 10.9. The highest BCUT2D eigenvalue weighted by Crippen LogP contribution is 2.52. The minimum Gasteiger partial charge on any atom is -0.362 e. The number of fused-ring (bicyclic) bond motifs is 5. The molecule has 2 amide bonds. The van der Waals surface area contributed by atoms with Gasteiger partial charge in [-0.15, -0.1) is 0 Å². The molecule has 4 atom stereocenters. The van der Waals surface area contributed by atoms with Gasteiger partial charge in [-0.2, -0.15) is 0 Å². The van der Waals surface area contributed by atoms with Gasteiger partial charge in [-0.25, -0.2) is 4.90 Å². The van der Waals surface area contributed by atoms with Crippen LogP contribution in [0.5, 0.6) is 0 Å². The van der Waals surface area contributed by atoms with Crippen molar-refractivity contribution in [3.8, 4) is 0 Å². The Bertz CT molecular complexity index is 612. The Morgan fingerprint density at radius 3 is 2.89 bits per heavy atom. The summed E-state index contributed by atoms with van der Waals surface area (Å²) < 4.78 is 5.76. The van der Waals surface area contributed by atoms with E-state index in [0.29, 0.717) is 5.69 Å². The molecule has 1 aromatic heterocycles. The van der Waals surface area contributed by atoms with E-state index in [1.54, 1.807) is 18.3 Å². The number of anilines is 1. The average molecular weight is 256 g/mol. The van der Waals surface area contributed by atoms with Crippen LogP contribution in [0, 0.1) is 11.8 Å². The second-order valence-electron chi connectivity index (χ2n) is 5.35. The van der Waals surface area contributed by atoms with Crippen molar-refractivity contribution in [3.63, 3.8) is 0 Å². The van der Waals surface area contributed by atoms with Gasteiger partial charge in [0.25, 0.3) is 0 Å². The van der Waals surface area contributed by atoms with Crippen molar-refractivity contribution in [1.82, 2.24) is 4.98 Å². The van der Waals surface area contributed by atoms with Crippen LogP contribution in [0.1, 0.15) is 6.92 Å². The summed E-state index contributed by atoms with van der Waals surface area (Å²) in [4.78, 5) is 30.3. The van der Waals surface area contributed by atoms with Gasteiger partial charge < -0.3 is 4.74 Å². The van der Waals surface area contributed by atoms with E-state index in [1.807, 2.05) is 19.1 Å². The summed E-state index contributed by atoms with van der Waals surface area (Å²) in [5.41, 5.74) is -0.103. The molecular weight excluding hydrogens is 244 g/mol. The van der Waals surface area contributed by atoms with Crippen LogP contribution in [0.15, 0.2) is 36.7 Å². The van der Waals surface area contributed by atoms with Crippen LogP contribution in [-0.4, -0.2) is 28.5 Å². The number of carbonyl (C=O) groups excluding carboxylic acids is 2. The molecule has 0 aromatic carbocycles. The normalized spacial score (nSPS) is 39.2. The standard InChI is InChI=1S/C14H12N2O3/c1-14-5-4-9(19-14)10-11(14)13(18)16(12(10)17)8-3-2-6-15-7-8/h2-7,9-11H,1H3/t9-,10-,11-,14+/m1/s1. The fourth-order valence-electron chi connectivity index (χ4n) is 3.39. The Morgan fingerprint density at radius 1 is 1.37 bits per heavy atom. The first-order chi connectivity index (χ1) is 9.12. The van der Waals surface area contributed by atoms with Gasteiger partial charge in [-0.3, -0.25) is 14.6 Å². The summed E-state index contributed by atoms with van der Waals surface area (Å²) in [6.45, 7) is 1.87. The van der Waals surface area contributed by atoms with E-state index in [4.69, 9.17) is 4.74 Å². The molecular formula is C14H12N2O3. The van der Waals surface area contributed by atoms with Gasteiger partial charge in [0, 0.05) is 6.20 Å². The lowest BCUT2D eigenvalue weighted by Crippen LogP contribution is -2.38. The van der Waals surface area contributed by atoms with Gasteiger partial charge in [0.2, 0.25) is 11.8 Å². The van der Waals surface area contributed by atoms with Crippen molar-refractivity contribution in [2.24, 2.45) is 11.8 Å². The molecule has 96 valence electrons. The zero-order valence-electron chi connectivity index (χ0n) is 10.3. The highest BCUT2D eigenvalue weighted by atomic mass is 16.5. The van der Waals surface area contributed by atoms with Crippen LogP contribution in [-0.2, 0) is 14.3 Å². The predicted octanol–water partition coefficient (Wildman–Crippen LogP) is 0.914. The van der Waals surface area contributed by atoms with Crippen LogP contribution < -0.4 is 4.90 Å². The fourth-order valence-corrected chi connectivity index (χ4v) is 3.39. The first-order valence-electron chi connectivity index (χ1n) is 6.27. The first-order valence-corrected chi connectivity index (χ1v) is 6.27. The molecule has 1 aromatic rings. The van der Waals surface area contributed by atoms with Crippen molar-refractivity contribution in [2.45, 2.75) is 18.6 Å². The van der Waals surface area contributed by atoms with Crippen molar-refractivity contribution >= 4 is 17.5 Å². The summed E-state index contributed by atoms with van der Waals surface area (Å²) in [7, 11) is 0. The van der Waals surface area contributed by atoms with E-state index in [-0.39, 0.29) is 23.8 Å². The van der Waals surface area contributed by atoms with Gasteiger partial charge in [0.05, 0.1) is 35.4 Å². The van der Waals surface area contributed by atoms with Crippen LogP contribution in [0.3, 0.4) is 0 Å². The minimum atomic E-state index is -0.640. The number of imide groups is 1. The van der Waals surface area contributed by atoms with Crippen LogP contribution in [0.2, 0.25) is 0 Å². The third-order valence-corrected chi connectivity index (χ3v) is 4.23. The highest BCUT2D eigenvalue weighted by molar-refractivity contribution is 6.23. The van der Waals surface area contributed by atoms with Crippen molar-refractivity contribution in [2.75, 3.05) is 4.90 Å². The molecule has 0 N–H and O–H groups in total. The molecule has 2 bridgehead atoms. The van der Waals surface area contributed by atoms with E-state index >= 15 is 0 Å². The molecule has 5 nitrogen and oxygen atoms in total. The van der Waals surface area contributed by atoms with E-state index in [1.165, 1.54) is 11.1 Å². The average Bonchev–Trinajstić information content (AvgIpc) is 3.00. The maximum Gasteiger partial charge on any atom is 0.241 e. The number of pyridine rings is 1. The van der Waals surface area contributed by atoms with Crippen LogP contribution in [0.4, 0.5) is 5.69 Å². The molecule has 0 unspecified atom stereocenters. The highest BCUT2D eigenvalue weighted by Gasteiger charge is 2.66.